The van der Waals surface area contributed by atoms with Gasteiger partial charge in [0.05, 0.1) is 79.0 Å². The molecule has 0 radical (unpaired) electrons. The number of hydrogen-bond acceptors (Lipinski definition) is 14. The summed E-state index contributed by atoms with van der Waals surface area (Å²) in [4.78, 5) is 21.9. The Morgan fingerprint density at radius 3 is 1.72 bits per heavy atom. The van der Waals surface area contributed by atoms with Crippen LogP contribution in [0.25, 0.3) is 33.2 Å². The number of fused-ring (bicyclic) bond motifs is 2. The van der Waals surface area contributed by atoms with Crippen LogP contribution in [0, 0.1) is 0 Å². The third-order valence-electron chi connectivity index (χ3n) is 10.7. The molecule has 0 atom stereocenters. The summed E-state index contributed by atoms with van der Waals surface area (Å²) in [6.07, 6.45) is 11.4. The molecule has 4 N–H and O–H groups in total. The van der Waals surface area contributed by atoms with Crippen molar-refractivity contribution in [1.82, 2.24) is 49.3 Å². The van der Waals surface area contributed by atoms with Gasteiger partial charge in [-0.15, -0.1) is 0 Å². The molecule has 9 heterocycles. The summed E-state index contributed by atoms with van der Waals surface area (Å²) < 4.78 is 27.7. The van der Waals surface area contributed by atoms with Gasteiger partial charge in [-0.3, -0.25) is 29.1 Å². The minimum atomic E-state index is -0.331. The zero-order valence-corrected chi connectivity index (χ0v) is 35.2. The fraction of sp³-hybridized carbons (Fsp3) is 0.450. The van der Waals surface area contributed by atoms with Crippen LogP contribution in [0.4, 0.5) is 11.6 Å². The number of halogens is 1. The Morgan fingerprint density at radius 1 is 0.621 bits per heavy atom. The van der Waals surface area contributed by atoms with Crippen LogP contribution in [0.2, 0.25) is 0 Å². The van der Waals surface area contributed by atoms with Crippen LogP contribution in [0.3, 0.4) is 0 Å². The van der Waals surface area contributed by atoms with E-state index in [1.807, 2.05) is 58.4 Å². The van der Waals surface area contributed by atoms with Crippen LogP contribution >= 0.6 is 15.9 Å². The van der Waals surface area contributed by atoms with Gasteiger partial charge in [0.2, 0.25) is 0 Å². The van der Waals surface area contributed by atoms with Crippen LogP contribution in [-0.4, -0.2) is 133 Å². The maximum absolute atomic E-state index is 6.06. The molecule has 16 nitrogen and oxygen atoms in total. The largest absolute Gasteiger partial charge is 0.498 e. The van der Waals surface area contributed by atoms with Crippen molar-refractivity contribution in [3.63, 3.8) is 0 Å². The third-order valence-corrected chi connectivity index (χ3v) is 11.2. The van der Waals surface area contributed by atoms with Crippen LogP contribution in [-0.2, 0) is 31.9 Å². The van der Waals surface area contributed by atoms with E-state index in [9.17, 15) is 0 Å². The number of nitrogens with zero attached hydrogens (tertiary/aromatic N) is 10. The minimum Gasteiger partial charge on any atom is -0.399 e. The molecule has 18 heteroatoms. The van der Waals surface area contributed by atoms with Gasteiger partial charge in [-0.2, -0.15) is 10.2 Å². The summed E-state index contributed by atoms with van der Waals surface area (Å²) in [6.45, 7) is 19.3. The van der Waals surface area contributed by atoms with E-state index in [0.29, 0.717) is 11.6 Å². The average molecular weight is 856 g/mol. The zero-order chi connectivity index (χ0) is 40.7. The molecule has 0 amide bonds. The molecule has 0 saturated carbocycles. The van der Waals surface area contributed by atoms with Gasteiger partial charge in [-0.25, -0.2) is 9.97 Å². The van der Waals surface area contributed by atoms with Gasteiger partial charge in [0, 0.05) is 91.3 Å². The van der Waals surface area contributed by atoms with Crippen LogP contribution < -0.4 is 16.9 Å². The molecule has 0 unspecified atom stereocenters. The van der Waals surface area contributed by atoms with E-state index in [4.69, 9.17) is 30.2 Å². The Balaban J connectivity index is 0.000000139. The molecule has 6 aromatic rings. The number of nitrogens with two attached hydrogens (primary N) is 2. The first-order valence-electron chi connectivity index (χ1n) is 19.6. The molecule has 6 aromatic heterocycles. The molecular formula is C40H52BBrN12O4. The maximum Gasteiger partial charge on any atom is 0.498 e. The normalized spacial score (nSPS) is 18.1. The smallest absolute Gasteiger partial charge is 0.399 e. The summed E-state index contributed by atoms with van der Waals surface area (Å²) in [5.74, 6) is 1.02. The molecule has 58 heavy (non-hydrogen) atoms. The van der Waals surface area contributed by atoms with Crippen LogP contribution in [0.15, 0.2) is 78.1 Å². The maximum atomic E-state index is 6.06. The number of nitrogen functional groups attached to an aromatic ring is 2. The van der Waals surface area contributed by atoms with E-state index in [-0.39, 0.29) is 18.3 Å². The molecule has 9 rings (SSSR count). The lowest BCUT2D eigenvalue weighted by Crippen LogP contribution is -2.41. The van der Waals surface area contributed by atoms with E-state index in [2.05, 4.69) is 89.8 Å². The molecule has 3 saturated heterocycles. The second-order valence-corrected chi connectivity index (χ2v) is 16.4. The Hall–Kier alpha value is -4.56. The predicted octanol–water partition coefficient (Wildman–Crippen LogP) is 3.90. The van der Waals surface area contributed by atoms with Gasteiger partial charge in [-0.05, 0) is 80.0 Å². The van der Waals surface area contributed by atoms with Crippen molar-refractivity contribution < 1.29 is 18.8 Å². The summed E-state index contributed by atoms with van der Waals surface area (Å²) in [6, 6.07) is 11.1. The fourth-order valence-electron chi connectivity index (χ4n) is 6.55. The third kappa shape index (κ3) is 10.7. The Morgan fingerprint density at radius 2 is 1.14 bits per heavy atom. The number of rotatable bonds is 8. The van der Waals surface area contributed by atoms with Crippen LogP contribution in [0.1, 0.15) is 27.7 Å². The highest BCUT2D eigenvalue weighted by molar-refractivity contribution is 9.10. The van der Waals surface area contributed by atoms with Crippen molar-refractivity contribution in [1.29, 1.82) is 0 Å². The molecule has 0 spiro atoms. The van der Waals surface area contributed by atoms with Crippen molar-refractivity contribution in [2.45, 2.75) is 52.0 Å². The molecule has 0 bridgehead atoms. The van der Waals surface area contributed by atoms with Gasteiger partial charge in [0.25, 0.3) is 0 Å². The molecule has 306 valence electrons. The predicted molar refractivity (Wildman–Crippen MR) is 229 cm³/mol. The molecule has 3 aliphatic heterocycles. The van der Waals surface area contributed by atoms with Crippen molar-refractivity contribution in [3.8, 4) is 11.1 Å². The topological polar surface area (TPSA) is 183 Å². The van der Waals surface area contributed by atoms with Gasteiger partial charge in [0.1, 0.15) is 11.6 Å². The highest BCUT2D eigenvalue weighted by atomic mass is 79.9. The number of morpholine rings is 2. The second-order valence-electron chi connectivity index (χ2n) is 15.5. The van der Waals surface area contributed by atoms with Crippen molar-refractivity contribution in [3.05, 3.63) is 78.1 Å². The fourth-order valence-corrected chi connectivity index (χ4v) is 6.87. The summed E-state index contributed by atoms with van der Waals surface area (Å²) >= 11 is 3.31. The number of pyridine rings is 4. The van der Waals surface area contributed by atoms with Crippen molar-refractivity contribution in [2.75, 3.05) is 77.2 Å². The lowest BCUT2D eigenvalue weighted by atomic mass is 9.82. The first-order valence-corrected chi connectivity index (χ1v) is 20.4. The number of ether oxygens (including phenoxy) is 2. The summed E-state index contributed by atoms with van der Waals surface area (Å²) in [5, 5.41) is 8.90. The zero-order valence-electron chi connectivity index (χ0n) is 33.6. The van der Waals surface area contributed by atoms with E-state index in [1.165, 1.54) is 0 Å². The van der Waals surface area contributed by atoms with Gasteiger partial charge < -0.3 is 30.2 Å². The summed E-state index contributed by atoms with van der Waals surface area (Å²) in [7, 11) is -0.331. The van der Waals surface area contributed by atoms with E-state index in [0.717, 1.165) is 122 Å². The van der Waals surface area contributed by atoms with E-state index >= 15 is 0 Å². The number of hydrogen-bond donors (Lipinski definition) is 2. The van der Waals surface area contributed by atoms with Gasteiger partial charge >= 0.3 is 7.12 Å². The van der Waals surface area contributed by atoms with Crippen LogP contribution in [0.5, 0.6) is 0 Å². The highest BCUT2D eigenvalue weighted by Gasteiger charge is 2.52. The van der Waals surface area contributed by atoms with E-state index in [1.54, 1.807) is 18.3 Å². The number of aromatic nitrogens is 8. The van der Waals surface area contributed by atoms with Gasteiger partial charge in [0.15, 0.2) is 0 Å². The summed E-state index contributed by atoms with van der Waals surface area (Å²) in [5.41, 5.74) is 17.0. The molecule has 0 aromatic carbocycles. The standard InChI is InChI=1S/C17H20N6O.C15H26BN3O3.C8H6BrN3/c18-17-2-1-15-16(21-17)9-13(10-19-15)14-11-20-23(12-14)4-3-22-5-7-24-8-6-22;1-14(2)15(3,4)22-16(21-14)13-11-17-19(12-13)6-5-18-7-9-20-10-8-18;9-5-3-7-6(11-4-5)1-2-8(10)12-7/h1-2,9-12H,3-8H2,(H2,18,21);11-12H,5-10H2,1-4H3;1-4H,(H2,10,12). The highest BCUT2D eigenvalue weighted by Crippen LogP contribution is 2.36. The van der Waals surface area contributed by atoms with Crippen molar-refractivity contribution in [2.24, 2.45) is 0 Å². The molecule has 0 aliphatic carbocycles. The quantitative estimate of drug-likeness (QED) is 0.210. The first kappa shape index (κ1) is 41.6. The second kappa shape index (κ2) is 18.6. The molecular weight excluding hydrogens is 803 g/mol. The monoisotopic (exact) mass is 854 g/mol. The Bertz CT molecular complexity index is 2220. The average Bonchev–Trinajstić information content (AvgIpc) is 3.95. The SMILES string of the molecule is CC1(C)OB(c2cnn(CCN3CCOCC3)c2)OC1(C)C.Nc1ccc2ncc(-c3cnn(CCN4CCOCC4)c3)cc2n1.Nc1ccc2ncc(Br)cc2n1. The number of anilines is 2. The lowest BCUT2D eigenvalue weighted by molar-refractivity contribution is 0.00578. The van der Waals surface area contributed by atoms with Crippen molar-refractivity contribution >= 4 is 62.2 Å². The van der Waals surface area contributed by atoms with E-state index < -0.39 is 0 Å². The molecule has 3 aliphatic rings. The first-order chi connectivity index (χ1) is 27.9. The van der Waals surface area contributed by atoms with Gasteiger partial charge in [-0.1, -0.05) is 0 Å². The minimum absolute atomic E-state index is 0.312. The Kier molecular flexibility index (Phi) is 13.3. The Labute approximate surface area is 347 Å². The molecule has 3 fully saturated rings. The lowest BCUT2D eigenvalue weighted by Gasteiger charge is -2.32.